The van der Waals surface area contributed by atoms with Crippen molar-refractivity contribution in [3.05, 3.63) is 88.5 Å². The molecule has 0 unspecified atom stereocenters. The van der Waals surface area contributed by atoms with E-state index >= 15 is 0 Å². The Morgan fingerprint density at radius 3 is 2.19 bits per heavy atom. The number of benzene rings is 4. The van der Waals surface area contributed by atoms with Gasteiger partial charge in [0.1, 0.15) is 28.4 Å². The van der Waals surface area contributed by atoms with Crippen molar-refractivity contribution in [1.29, 1.82) is 0 Å². The predicted molar refractivity (Wildman–Crippen MR) is 184 cm³/mol. The van der Waals surface area contributed by atoms with E-state index < -0.39 is 24.4 Å². The van der Waals surface area contributed by atoms with Crippen LogP contribution in [0.15, 0.2) is 69.5 Å². The van der Waals surface area contributed by atoms with Crippen LogP contribution in [0.25, 0.3) is 56.2 Å². The van der Waals surface area contributed by atoms with Crippen LogP contribution < -0.4 is 4.74 Å². The molecule has 0 radical (unpaired) electrons. The van der Waals surface area contributed by atoms with E-state index in [1.807, 2.05) is 43.0 Å². The van der Waals surface area contributed by atoms with E-state index in [-0.39, 0.29) is 58.2 Å². The molecule has 0 N–H and O–H groups in total. The average Bonchev–Trinajstić information content (AvgIpc) is 3.85. The molecule has 7 rings (SSSR count). The smallest absolute Gasteiger partial charge is 0.420 e. The molecule has 0 spiro atoms. The van der Waals surface area contributed by atoms with E-state index in [0.29, 0.717) is 40.7 Å². The number of likely N-dealkylation sites (tertiary alicyclic amines) is 1. The molecule has 0 amide bonds. The van der Waals surface area contributed by atoms with Gasteiger partial charge in [0.25, 0.3) is 0 Å². The minimum Gasteiger partial charge on any atom is -0.468 e. The van der Waals surface area contributed by atoms with Crippen molar-refractivity contribution in [2.75, 3.05) is 13.7 Å². The third-order valence-corrected chi connectivity index (χ3v) is 9.73. The Morgan fingerprint density at radius 1 is 0.942 bits per heavy atom. The Hall–Kier alpha value is -5.01. The fourth-order valence-electron chi connectivity index (χ4n) is 6.89. The van der Waals surface area contributed by atoms with E-state index in [2.05, 4.69) is 4.98 Å². The van der Waals surface area contributed by atoms with Gasteiger partial charge in [0, 0.05) is 35.2 Å². The second-order valence-electron chi connectivity index (χ2n) is 12.6. The van der Waals surface area contributed by atoms with Gasteiger partial charge in [0.2, 0.25) is 11.8 Å². The molecule has 52 heavy (non-hydrogen) atoms. The number of fused-ring (bicyclic) bond motifs is 2. The zero-order chi connectivity index (χ0) is 36.9. The molecule has 270 valence electrons. The number of rotatable bonds is 9. The zero-order valence-corrected chi connectivity index (χ0v) is 28.9. The topological polar surface area (TPSA) is 90.8 Å². The summed E-state index contributed by atoms with van der Waals surface area (Å²) in [6.45, 7) is 1.37. The first kappa shape index (κ1) is 35.4. The number of carbonyl (C=O) groups is 1. The molecule has 1 saturated heterocycles. The Balaban J connectivity index is 1.26. The molecule has 2 aromatic heterocycles. The summed E-state index contributed by atoms with van der Waals surface area (Å²) in [5, 5.41) is 0. The van der Waals surface area contributed by atoms with Gasteiger partial charge < -0.3 is 18.3 Å². The van der Waals surface area contributed by atoms with Crippen molar-refractivity contribution in [2.24, 2.45) is 0 Å². The minimum atomic E-state index is -4.67. The summed E-state index contributed by atoms with van der Waals surface area (Å²) in [5.74, 6) is -0.318. The standard InChI is InChI=1S/C38H31ClF5N3O5/c1-19-23(24-8-5-10-26(20(24)2)35-46-29-14-21(17-39)13-27(33(29)52-35)38(42,43)44)7-4-9-25(19)34-45-28-15-22(31(51-37(40)41)16-32(28)50-34)18-47-12-6-11-30(47)36(48)49-3/h4-5,7-10,13-16,30,37H,6,11-12,17-18H2,1-3H3/t30-/m0/s1. The van der Waals surface area contributed by atoms with Gasteiger partial charge in [-0.3, -0.25) is 9.69 Å². The highest BCUT2D eigenvalue weighted by Crippen LogP contribution is 2.41. The van der Waals surface area contributed by atoms with Crippen molar-refractivity contribution in [3.8, 4) is 39.8 Å². The Morgan fingerprint density at radius 2 is 1.58 bits per heavy atom. The highest BCUT2D eigenvalue weighted by Gasteiger charge is 2.36. The minimum absolute atomic E-state index is 0.0313. The second-order valence-corrected chi connectivity index (χ2v) is 12.8. The predicted octanol–water partition coefficient (Wildman–Crippen LogP) is 10.1. The van der Waals surface area contributed by atoms with E-state index in [4.69, 9.17) is 34.9 Å². The normalized spacial score (nSPS) is 15.3. The summed E-state index contributed by atoms with van der Waals surface area (Å²) in [5.41, 5.74) is 4.25. The van der Waals surface area contributed by atoms with Crippen molar-refractivity contribution in [2.45, 2.75) is 57.9 Å². The maximum atomic E-state index is 13.9. The molecular weight excluding hydrogens is 709 g/mol. The maximum Gasteiger partial charge on any atom is 0.420 e. The van der Waals surface area contributed by atoms with Gasteiger partial charge in [0.05, 0.1) is 7.11 Å². The van der Waals surface area contributed by atoms with Crippen LogP contribution in [0.2, 0.25) is 0 Å². The Bertz CT molecular complexity index is 2320. The maximum absolute atomic E-state index is 13.9. The molecular formula is C38H31ClF5N3O5. The number of alkyl halides is 6. The molecule has 0 bridgehead atoms. The summed E-state index contributed by atoms with van der Waals surface area (Å²) >= 11 is 5.88. The first-order chi connectivity index (χ1) is 24.9. The monoisotopic (exact) mass is 739 g/mol. The number of ether oxygens (including phenoxy) is 2. The number of halogens is 6. The molecule has 6 aromatic rings. The number of hydrogen-bond acceptors (Lipinski definition) is 8. The van der Waals surface area contributed by atoms with Gasteiger partial charge in [-0.1, -0.05) is 24.3 Å². The molecule has 14 heteroatoms. The number of oxazole rings is 2. The van der Waals surface area contributed by atoms with Crippen molar-refractivity contribution >= 4 is 39.8 Å². The van der Waals surface area contributed by atoms with Crippen molar-refractivity contribution < 1.29 is 45.1 Å². The third kappa shape index (κ3) is 6.58. The lowest BCUT2D eigenvalue weighted by Crippen LogP contribution is -2.36. The van der Waals surface area contributed by atoms with Crippen LogP contribution in [0, 0.1) is 13.8 Å². The fourth-order valence-corrected chi connectivity index (χ4v) is 7.05. The van der Waals surface area contributed by atoms with Gasteiger partial charge in [-0.25, -0.2) is 9.97 Å². The van der Waals surface area contributed by atoms with Crippen LogP contribution >= 0.6 is 11.6 Å². The number of methoxy groups -OCH3 is 1. The highest BCUT2D eigenvalue weighted by molar-refractivity contribution is 6.17. The van der Waals surface area contributed by atoms with Crippen LogP contribution in [0.1, 0.15) is 40.7 Å². The third-order valence-electron chi connectivity index (χ3n) is 9.43. The van der Waals surface area contributed by atoms with Crippen molar-refractivity contribution in [3.63, 3.8) is 0 Å². The molecule has 1 aliphatic heterocycles. The molecule has 1 aliphatic rings. The van der Waals surface area contributed by atoms with Gasteiger partial charge in [-0.2, -0.15) is 22.0 Å². The Labute approximate surface area is 299 Å². The zero-order valence-electron chi connectivity index (χ0n) is 28.1. The summed E-state index contributed by atoms with van der Waals surface area (Å²) in [6, 6.07) is 15.9. The summed E-state index contributed by atoms with van der Waals surface area (Å²) in [6.07, 6.45) is -3.33. The lowest BCUT2D eigenvalue weighted by molar-refractivity contribution is -0.146. The van der Waals surface area contributed by atoms with Gasteiger partial charge in [-0.05, 0) is 91.4 Å². The first-order valence-corrected chi connectivity index (χ1v) is 16.9. The number of nitrogens with zero attached hydrogens (tertiary/aromatic N) is 3. The Kier molecular flexibility index (Phi) is 9.43. The number of hydrogen-bond donors (Lipinski definition) is 0. The molecule has 4 aromatic carbocycles. The number of aromatic nitrogens is 2. The van der Waals surface area contributed by atoms with Crippen LogP contribution in [-0.4, -0.2) is 47.1 Å². The molecule has 1 atom stereocenters. The quantitative estimate of drug-likeness (QED) is 0.0822. The highest BCUT2D eigenvalue weighted by atomic mass is 35.5. The summed E-state index contributed by atoms with van der Waals surface area (Å²) in [4.78, 5) is 23.3. The number of carbonyl (C=O) groups excluding carboxylic acids is 1. The first-order valence-electron chi connectivity index (χ1n) is 16.3. The summed E-state index contributed by atoms with van der Waals surface area (Å²) in [7, 11) is 1.31. The van der Waals surface area contributed by atoms with Crippen LogP contribution in [0.4, 0.5) is 22.0 Å². The van der Waals surface area contributed by atoms with Crippen molar-refractivity contribution in [1.82, 2.24) is 14.9 Å². The molecule has 3 heterocycles. The van der Waals surface area contributed by atoms with E-state index in [1.54, 1.807) is 18.2 Å². The largest absolute Gasteiger partial charge is 0.468 e. The summed E-state index contributed by atoms with van der Waals surface area (Å²) < 4.78 is 90.5. The number of esters is 1. The lowest BCUT2D eigenvalue weighted by Gasteiger charge is -2.23. The molecule has 0 aliphatic carbocycles. The molecule has 0 saturated carbocycles. The molecule has 1 fully saturated rings. The van der Waals surface area contributed by atoms with Crippen LogP contribution in [0.5, 0.6) is 5.75 Å². The van der Waals surface area contributed by atoms with Gasteiger partial charge in [-0.15, -0.1) is 11.6 Å². The van der Waals surface area contributed by atoms with E-state index in [9.17, 15) is 26.7 Å². The lowest BCUT2D eigenvalue weighted by atomic mass is 9.91. The second kappa shape index (κ2) is 13.8. The fraction of sp³-hybridized carbons (Fsp3) is 0.289. The van der Waals surface area contributed by atoms with E-state index in [1.165, 1.54) is 19.2 Å². The van der Waals surface area contributed by atoms with Crippen LogP contribution in [-0.2, 0) is 28.1 Å². The van der Waals surface area contributed by atoms with Gasteiger partial charge in [0.15, 0.2) is 11.2 Å². The average molecular weight is 740 g/mol. The van der Waals surface area contributed by atoms with Gasteiger partial charge >= 0.3 is 18.8 Å². The van der Waals surface area contributed by atoms with Crippen LogP contribution in [0.3, 0.4) is 0 Å². The van der Waals surface area contributed by atoms with E-state index in [0.717, 1.165) is 29.2 Å². The molecule has 8 nitrogen and oxygen atoms in total. The SMILES string of the molecule is COC(=O)[C@@H]1CCCN1Cc1cc2nc(-c3cccc(-c4cccc(-c5nc6cc(CCl)cc(C(F)(F)F)c6o5)c4C)c3C)oc2cc1OC(F)F.